The monoisotopic (exact) mass is 305 g/mol. The van der Waals surface area contributed by atoms with Crippen LogP contribution in [-0.4, -0.2) is 6.54 Å². The number of aryl methyl sites for hydroxylation is 2. The molecule has 0 aromatic carbocycles. The van der Waals surface area contributed by atoms with E-state index in [2.05, 4.69) is 36.6 Å². The molecule has 1 heterocycles. The minimum absolute atomic E-state index is 0.628. The lowest BCUT2D eigenvalue weighted by atomic mass is 9.77. The van der Waals surface area contributed by atoms with E-state index in [1.165, 1.54) is 57.8 Å². The molecular weight excluding hydrogens is 274 g/mol. The van der Waals surface area contributed by atoms with Gasteiger partial charge in [-0.25, -0.2) is 0 Å². The van der Waals surface area contributed by atoms with E-state index in [1.807, 2.05) is 0 Å². The van der Waals surface area contributed by atoms with Crippen molar-refractivity contribution < 1.29 is 0 Å². The van der Waals surface area contributed by atoms with Gasteiger partial charge < -0.3 is 5.32 Å². The van der Waals surface area contributed by atoms with Gasteiger partial charge in [-0.15, -0.1) is 11.3 Å². The molecule has 21 heavy (non-hydrogen) atoms. The van der Waals surface area contributed by atoms with Gasteiger partial charge in [-0.05, 0) is 68.5 Å². The molecule has 2 heteroatoms. The van der Waals surface area contributed by atoms with Crippen LogP contribution in [0.25, 0.3) is 0 Å². The number of nitrogens with one attached hydrogen (secondary N) is 1. The van der Waals surface area contributed by atoms with Crippen LogP contribution >= 0.6 is 11.3 Å². The SMILES string of the molecule is CCNC(c1cc2c(s1)CCCC2)C1CCC(CC)CC1. The Morgan fingerprint density at radius 3 is 2.57 bits per heavy atom. The van der Waals surface area contributed by atoms with E-state index in [-0.39, 0.29) is 0 Å². The highest BCUT2D eigenvalue weighted by Crippen LogP contribution is 2.41. The number of hydrogen-bond donors (Lipinski definition) is 1. The fraction of sp³-hybridized carbons (Fsp3) is 0.789. The molecule has 3 rings (SSSR count). The molecule has 1 aromatic heterocycles. The summed E-state index contributed by atoms with van der Waals surface area (Å²) in [5.74, 6) is 1.87. The largest absolute Gasteiger partial charge is 0.309 e. The second-order valence-electron chi connectivity index (χ2n) is 7.03. The average Bonchev–Trinajstić information content (AvgIpc) is 2.96. The normalized spacial score (nSPS) is 27.3. The predicted molar refractivity (Wildman–Crippen MR) is 93.1 cm³/mol. The van der Waals surface area contributed by atoms with Gasteiger partial charge in [0, 0.05) is 15.8 Å². The maximum absolute atomic E-state index is 3.82. The van der Waals surface area contributed by atoms with Crippen molar-refractivity contribution >= 4 is 11.3 Å². The second kappa shape index (κ2) is 7.28. The standard InChI is InChI=1S/C19H31NS/c1-3-14-9-11-15(12-10-14)19(20-4-2)18-13-16-7-5-6-8-17(16)21-18/h13-15,19-20H,3-12H2,1-2H3. The van der Waals surface area contributed by atoms with Gasteiger partial charge >= 0.3 is 0 Å². The lowest BCUT2D eigenvalue weighted by Gasteiger charge is -2.33. The molecule has 1 aromatic rings. The van der Waals surface area contributed by atoms with E-state index in [1.54, 1.807) is 15.3 Å². The maximum atomic E-state index is 3.82. The van der Waals surface area contributed by atoms with Crippen LogP contribution < -0.4 is 5.32 Å². The minimum Gasteiger partial charge on any atom is -0.309 e. The Balaban J connectivity index is 1.73. The molecule has 0 aliphatic heterocycles. The van der Waals surface area contributed by atoms with Gasteiger partial charge in [0.15, 0.2) is 0 Å². The summed E-state index contributed by atoms with van der Waals surface area (Å²) >= 11 is 2.12. The van der Waals surface area contributed by atoms with E-state index in [9.17, 15) is 0 Å². The van der Waals surface area contributed by atoms with Crippen molar-refractivity contribution in [2.24, 2.45) is 11.8 Å². The van der Waals surface area contributed by atoms with Gasteiger partial charge in [-0.1, -0.05) is 33.1 Å². The third-order valence-corrected chi connectivity index (χ3v) is 7.01. The van der Waals surface area contributed by atoms with Gasteiger partial charge in [0.2, 0.25) is 0 Å². The Morgan fingerprint density at radius 2 is 1.90 bits per heavy atom. The van der Waals surface area contributed by atoms with Crippen LogP contribution in [0.15, 0.2) is 6.07 Å². The Kier molecular flexibility index (Phi) is 5.39. The topological polar surface area (TPSA) is 12.0 Å². The number of fused-ring (bicyclic) bond motifs is 1. The highest BCUT2D eigenvalue weighted by molar-refractivity contribution is 7.12. The summed E-state index contributed by atoms with van der Waals surface area (Å²) in [7, 11) is 0. The van der Waals surface area contributed by atoms with Crippen molar-refractivity contribution in [1.82, 2.24) is 5.32 Å². The number of thiophene rings is 1. The molecule has 0 amide bonds. The van der Waals surface area contributed by atoms with Crippen LogP contribution in [0.2, 0.25) is 0 Å². The summed E-state index contributed by atoms with van der Waals surface area (Å²) in [6, 6.07) is 3.18. The molecule has 0 radical (unpaired) electrons. The zero-order chi connectivity index (χ0) is 14.7. The summed E-state index contributed by atoms with van der Waals surface area (Å²) in [5, 5.41) is 3.82. The first-order valence-corrected chi connectivity index (χ1v) is 9.98. The van der Waals surface area contributed by atoms with E-state index in [0.717, 1.165) is 18.4 Å². The minimum atomic E-state index is 0.628. The fourth-order valence-corrected chi connectivity index (χ4v) is 5.74. The highest BCUT2D eigenvalue weighted by Gasteiger charge is 2.29. The third-order valence-electron chi connectivity index (χ3n) is 5.69. The molecule has 2 aliphatic rings. The zero-order valence-corrected chi connectivity index (χ0v) is 14.6. The smallest absolute Gasteiger partial charge is 0.0443 e. The second-order valence-corrected chi connectivity index (χ2v) is 8.20. The van der Waals surface area contributed by atoms with E-state index in [4.69, 9.17) is 0 Å². The van der Waals surface area contributed by atoms with Crippen molar-refractivity contribution in [2.75, 3.05) is 6.54 Å². The molecule has 1 saturated carbocycles. The lowest BCUT2D eigenvalue weighted by Crippen LogP contribution is -2.30. The molecule has 1 N–H and O–H groups in total. The lowest BCUT2D eigenvalue weighted by molar-refractivity contribution is 0.222. The van der Waals surface area contributed by atoms with Crippen LogP contribution in [0, 0.1) is 11.8 Å². The number of rotatable bonds is 5. The molecule has 0 saturated heterocycles. The molecule has 118 valence electrons. The summed E-state index contributed by atoms with van der Waals surface area (Å²) in [4.78, 5) is 3.34. The van der Waals surface area contributed by atoms with Crippen molar-refractivity contribution in [3.8, 4) is 0 Å². The number of hydrogen-bond acceptors (Lipinski definition) is 2. The Labute approximate surface area is 134 Å². The average molecular weight is 306 g/mol. The van der Waals surface area contributed by atoms with Crippen LogP contribution in [0.1, 0.15) is 80.2 Å². The van der Waals surface area contributed by atoms with Gasteiger partial charge in [0.05, 0.1) is 0 Å². The molecule has 1 fully saturated rings. The van der Waals surface area contributed by atoms with Gasteiger partial charge in [0.1, 0.15) is 0 Å². The molecular formula is C19H31NS. The van der Waals surface area contributed by atoms with Crippen LogP contribution in [-0.2, 0) is 12.8 Å². The first kappa shape index (κ1) is 15.6. The van der Waals surface area contributed by atoms with Gasteiger partial charge in [-0.2, -0.15) is 0 Å². The predicted octanol–water partition coefficient (Wildman–Crippen LogP) is 5.49. The molecule has 1 atom stereocenters. The van der Waals surface area contributed by atoms with Crippen molar-refractivity contribution in [2.45, 2.75) is 77.7 Å². The summed E-state index contributed by atoms with van der Waals surface area (Å²) in [6.07, 6.45) is 12.6. The van der Waals surface area contributed by atoms with Crippen LogP contribution in [0.4, 0.5) is 0 Å². The molecule has 0 bridgehead atoms. The highest BCUT2D eigenvalue weighted by atomic mass is 32.1. The van der Waals surface area contributed by atoms with Crippen molar-refractivity contribution in [3.63, 3.8) is 0 Å². The van der Waals surface area contributed by atoms with Crippen molar-refractivity contribution in [3.05, 3.63) is 21.4 Å². The van der Waals surface area contributed by atoms with Gasteiger partial charge in [0.25, 0.3) is 0 Å². The molecule has 2 aliphatic carbocycles. The first-order valence-electron chi connectivity index (χ1n) is 9.16. The fourth-order valence-electron chi connectivity index (χ4n) is 4.32. The van der Waals surface area contributed by atoms with Crippen LogP contribution in [0.3, 0.4) is 0 Å². The third kappa shape index (κ3) is 3.53. The van der Waals surface area contributed by atoms with E-state index >= 15 is 0 Å². The molecule has 1 nitrogen and oxygen atoms in total. The Bertz CT molecular complexity index is 419. The Hall–Kier alpha value is -0.340. The van der Waals surface area contributed by atoms with Crippen LogP contribution in [0.5, 0.6) is 0 Å². The first-order chi connectivity index (χ1) is 10.3. The maximum Gasteiger partial charge on any atom is 0.0443 e. The Morgan fingerprint density at radius 1 is 1.14 bits per heavy atom. The van der Waals surface area contributed by atoms with Crippen molar-refractivity contribution in [1.29, 1.82) is 0 Å². The summed E-state index contributed by atoms with van der Waals surface area (Å²) in [6.45, 7) is 5.72. The zero-order valence-electron chi connectivity index (χ0n) is 13.8. The molecule has 1 unspecified atom stereocenters. The summed E-state index contributed by atoms with van der Waals surface area (Å²) in [5.41, 5.74) is 1.67. The quantitative estimate of drug-likeness (QED) is 0.758. The van der Waals surface area contributed by atoms with Gasteiger partial charge in [-0.3, -0.25) is 0 Å². The molecule has 0 spiro atoms. The van der Waals surface area contributed by atoms with E-state index < -0.39 is 0 Å². The van der Waals surface area contributed by atoms with E-state index in [0.29, 0.717) is 6.04 Å². The summed E-state index contributed by atoms with van der Waals surface area (Å²) < 4.78 is 0.